The van der Waals surface area contributed by atoms with Gasteiger partial charge in [-0.05, 0) is 61.8 Å². The van der Waals surface area contributed by atoms with Crippen molar-refractivity contribution in [1.82, 2.24) is 9.21 Å². The topological polar surface area (TPSA) is 64.4 Å². The molecule has 27 heavy (non-hydrogen) atoms. The normalized spacial score (nSPS) is 17.9. The summed E-state index contributed by atoms with van der Waals surface area (Å²) in [5.41, 5.74) is 2.50. The average molecular weight is 384 g/mol. The molecule has 1 unspecified atom stereocenters. The Hall–Kier alpha value is -2.20. The van der Waals surface area contributed by atoms with Crippen LogP contribution in [0.1, 0.15) is 25.3 Å². The zero-order valence-electron chi connectivity index (χ0n) is 15.8. The van der Waals surface area contributed by atoms with E-state index in [1.54, 1.807) is 28.6 Å². The molecule has 6 heteroatoms. The Balaban J connectivity index is 1.75. The number of rotatable bonds is 6. The lowest BCUT2D eigenvalue weighted by molar-refractivity contribution is 0.250. The van der Waals surface area contributed by atoms with E-state index in [1.165, 1.54) is 0 Å². The Kier molecular flexibility index (Phi) is 5.95. The summed E-state index contributed by atoms with van der Waals surface area (Å²) in [6.45, 7) is 4.24. The molecule has 0 N–H and O–H groups in total. The summed E-state index contributed by atoms with van der Waals surface area (Å²) in [6, 6.07) is 16.6. The zero-order valence-corrected chi connectivity index (χ0v) is 16.6. The molecular weight excluding hydrogens is 358 g/mol. The SMILES string of the molecule is CCCN(C)C1CCN(S(=O)(=O)c2ccc(-c3ccc(C#N)cc3)cc2)C1. The molecular formula is C21H25N3O2S. The highest BCUT2D eigenvalue weighted by atomic mass is 32.2. The van der Waals surface area contributed by atoms with E-state index < -0.39 is 10.0 Å². The van der Waals surface area contributed by atoms with E-state index >= 15 is 0 Å². The molecule has 1 fully saturated rings. The maximum Gasteiger partial charge on any atom is 0.243 e. The molecule has 5 nitrogen and oxygen atoms in total. The van der Waals surface area contributed by atoms with E-state index in [9.17, 15) is 8.42 Å². The van der Waals surface area contributed by atoms with Gasteiger partial charge in [0.2, 0.25) is 10.0 Å². The fourth-order valence-electron chi connectivity index (χ4n) is 3.53. The number of hydrogen-bond acceptors (Lipinski definition) is 4. The molecule has 142 valence electrons. The van der Waals surface area contributed by atoms with Gasteiger partial charge in [0.1, 0.15) is 0 Å². The molecule has 0 aromatic heterocycles. The predicted octanol–water partition coefficient (Wildman–Crippen LogP) is 3.33. The molecule has 2 aromatic rings. The van der Waals surface area contributed by atoms with Crippen LogP contribution in [0.2, 0.25) is 0 Å². The maximum atomic E-state index is 13.0. The van der Waals surface area contributed by atoms with Gasteiger partial charge in [-0.2, -0.15) is 9.57 Å². The Labute approximate surface area is 161 Å². The van der Waals surface area contributed by atoms with Gasteiger partial charge < -0.3 is 4.90 Å². The van der Waals surface area contributed by atoms with E-state index in [-0.39, 0.29) is 6.04 Å². The van der Waals surface area contributed by atoms with Gasteiger partial charge in [0.05, 0.1) is 16.5 Å². The number of benzene rings is 2. The Bertz CT molecular complexity index is 915. The largest absolute Gasteiger partial charge is 0.302 e. The molecule has 0 spiro atoms. The van der Waals surface area contributed by atoms with Crippen molar-refractivity contribution in [3.63, 3.8) is 0 Å². The number of nitrogens with zero attached hydrogens (tertiary/aromatic N) is 3. The van der Waals surface area contributed by atoms with Crippen LogP contribution < -0.4 is 0 Å². The number of likely N-dealkylation sites (N-methyl/N-ethyl adjacent to an activating group) is 1. The lowest BCUT2D eigenvalue weighted by Crippen LogP contribution is -2.36. The Morgan fingerprint density at radius 2 is 1.70 bits per heavy atom. The first kappa shape index (κ1) is 19.6. The van der Waals surface area contributed by atoms with E-state index in [0.717, 1.165) is 30.5 Å². The molecule has 0 bridgehead atoms. The van der Waals surface area contributed by atoms with E-state index in [1.807, 2.05) is 24.3 Å². The first-order valence-electron chi connectivity index (χ1n) is 9.26. The van der Waals surface area contributed by atoms with Crippen LogP contribution in [0.3, 0.4) is 0 Å². The maximum absolute atomic E-state index is 13.0. The third-order valence-electron chi connectivity index (χ3n) is 5.17. The monoisotopic (exact) mass is 383 g/mol. The Morgan fingerprint density at radius 1 is 1.11 bits per heavy atom. The molecule has 1 aliphatic rings. The number of nitriles is 1. The van der Waals surface area contributed by atoms with Gasteiger partial charge in [-0.1, -0.05) is 31.2 Å². The molecule has 3 rings (SSSR count). The summed E-state index contributed by atoms with van der Waals surface area (Å²) < 4.78 is 27.5. The van der Waals surface area contributed by atoms with Crippen molar-refractivity contribution >= 4 is 10.0 Å². The van der Waals surface area contributed by atoms with Gasteiger partial charge in [-0.15, -0.1) is 0 Å². The highest BCUT2D eigenvalue weighted by Gasteiger charge is 2.33. The van der Waals surface area contributed by atoms with Gasteiger partial charge in [-0.3, -0.25) is 0 Å². The lowest BCUT2D eigenvalue weighted by Gasteiger charge is -2.24. The van der Waals surface area contributed by atoms with Crippen LogP contribution in [0.15, 0.2) is 53.4 Å². The summed E-state index contributed by atoms with van der Waals surface area (Å²) in [7, 11) is -1.40. The second kappa shape index (κ2) is 8.22. The highest BCUT2D eigenvalue weighted by molar-refractivity contribution is 7.89. The van der Waals surface area contributed by atoms with Gasteiger partial charge >= 0.3 is 0 Å². The van der Waals surface area contributed by atoms with Crippen molar-refractivity contribution < 1.29 is 8.42 Å². The van der Waals surface area contributed by atoms with Crippen molar-refractivity contribution in [2.24, 2.45) is 0 Å². The van der Waals surface area contributed by atoms with Crippen LogP contribution in [0, 0.1) is 11.3 Å². The van der Waals surface area contributed by atoms with Crippen molar-refractivity contribution in [1.29, 1.82) is 5.26 Å². The van der Waals surface area contributed by atoms with Crippen molar-refractivity contribution in [2.45, 2.75) is 30.7 Å². The van der Waals surface area contributed by atoms with E-state index in [0.29, 0.717) is 23.5 Å². The van der Waals surface area contributed by atoms with Crippen molar-refractivity contribution in [3.05, 3.63) is 54.1 Å². The summed E-state index contributed by atoms with van der Waals surface area (Å²) in [5, 5.41) is 8.89. The summed E-state index contributed by atoms with van der Waals surface area (Å²) >= 11 is 0. The second-order valence-electron chi connectivity index (χ2n) is 7.00. The summed E-state index contributed by atoms with van der Waals surface area (Å²) in [6.07, 6.45) is 1.94. The number of sulfonamides is 1. The second-order valence-corrected chi connectivity index (χ2v) is 8.94. The van der Waals surface area contributed by atoms with Gasteiger partial charge in [0.15, 0.2) is 0 Å². The number of hydrogen-bond donors (Lipinski definition) is 0. The van der Waals surface area contributed by atoms with E-state index in [4.69, 9.17) is 5.26 Å². The minimum Gasteiger partial charge on any atom is -0.302 e. The molecule has 0 amide bonds. The third-order valence-corrected chi connectivity index (χ3v) is 7.04. The fraction of sp³-hybridized carbons (Fsp3) is 0.381. The molecule has 0 radical (unpaired) electrons. The standard InChI is InChI=1S/C21H25N3O2S/c1-3-13-23(2)20-12-14-24(16-20)27(25,26)21-10-8-19(9-11-21)18-6-4-17(15-22)5-7-18/h4-11,20H,3,12-14,16H2,1-2H3. The molecule has 1 atom stereocenters. The van der Waals surface area contributed by atoms with Gasteiger partial charge in [-0.25, -0.2) is 8.42 Å². The third kappa shape index (κ3) is 4.22. The van der Waals surface area contributed by atoms with E-state index in [2.05, 4.69) is 24.9 Å². The van der Waals surface area contributed by atoms with Crippen molar-refractivity contribution in [2.75, 3.05) is 26.7 Å². The highest BCUT2D eigenvalue weighted by Crippen LogP contribution is 2.26. The van der Waals surface area contributed by atoms with Gasteiger partial charge in [0.25, 0.3) is 0 Å². The molecule has 1 saturated heterocycles. The smallest absolute Gasteiger partial charge is 0.243 e. The quantitative estimate of drug-likeness (QED) is 0.767. The van der Waals surface area contributed by atoms with Crippen LogP contribution in [0.25, 0.3) is 11.1 Å². The summed E-state index contributed by atoms with van der Waals surface area (Å²) in [4.78, 5) is 2.59. The van der Waals surface area contributed by atoms with Crippen molar-refractivity contribution in [3.8, 4) is 17.2 Å². The average Bonchev–Trinajstić information content (AvgIpc) is 3.20. The summed E-state index contributed by atoms with van der Waals surface area (Å²) in [5.74, 6) is 0. The molecule has 0 aliphatic carbocycles. The van der Waals surface area contributed by atoms with Crippen LogP contribution in [-0.4, -0.2) is 50.3 Å². The van der Waals surface area contributed by atoms with Crippen LogP contribution in [0.5, 0.6) is 0 Å². The molecule has 0 saturated carbocycles. The fourth-order valence-corrected chi connectivity index (χ4v) is 5.02. The van der Waals surface area contributed by atoms with Gasteiger partial charge in [0, 0.05) is 19.1 Å². The van der Waals surface area contributed by atoms with Crippen LogP contribution in [-0.2, 0) is 10.0 Å². The minimum atomic E-state index is -3.47. The predicted molar refractivity (Wildman–Crippen MR) is 107 cm³/mol. The zero-order chi connectivity index (χ0) is 19.4. The molecule has 2 aromatic carbocycles. The minimum absolute atomic E-state index is 0.289. The lowest BCUT2D eigenvalue weighted by atomic mass is 10.0. The molecule has 1 aliphatic heterocycles. The first-order chi connectivity index (χ1) is 13.0. The van der Waals surface area contributed by atoms with Crippen LogP contribution in [0.4, 0.5) is 0 Å². The first-order valence-corrected chi connectivity index (χ1v) is 10.7. The Morgan fingerprint density at radius 3 is 2.26 bits per heavy atom. The molecule has 1 heterocycles. The van der Waals surface area contributed by atoms with Crippen LogP contribution >= 0.6 is 0 Å².